The molecular weight excluding hydrogens is 692 g/mol. The van der Waals surface area contributed by atoms with Gasteiger partial charge in [-0.05, 0) is 60.0 Å². The van der Waals surface area contributed by atoms with Crippen molar-refractivity contribution < 1.29 is 27.5 Å². The van der Waals surface area contributed by atoms with Gasteiger partial charge in [-0.2, -0.15) is 4.31 Å². The van der Waals surface area contributed by atoms with Gasteiger partial charge in [-0.3, -0.25) is 4.79 Å². The van der Waals surface area contributed by atoms with E-state index in [4.69, 9.17) is 9.47 Å². The van der Waals surface area contributed by atoms with Gasteiger partial charge in [0.2, 0.25) is 15.9 Å². The van der Waals surface area contributed by atoms with E-state index >= 15 is 0 Å². The topological polar surface area (TPSA) is 93.2 Å². The van der Waals surface area contributed by atoms with Crippen molar-refractivity contribution in [3.05, 3.63) is 160 Å². The minimum absolute atomic E-state index is 0.0789. The lowest BCUT2D eigenvalue weighted by Gasteiger charge is -2.27. The Bertz CT molecular complexity index is 1950. The number of esters is 1. The predicted molar refractivity (Wildman–Crippen MR) is 189 cm³/mol. The molecule has 0 atom stereocenters. The summed E-state index contributed by atoms with van der Waals surface area (Å²) in [5.74, 6) is -0.823. The van der Waals surface area contributed by atoms with Crippen molar-refractivity contribution >= 4 is 43.5 Å². The van der Waals surface area contributed by atoms with Gasteiger partial charge in [0.15, 0.2) is 0 Å². The van der Waals surface area contributed by atoms with Gasteiger partial charge in [0.25, 0.3) is 0 Å². The molecule has 0 spiro atoms. The van der Waals surface area contributed by atoms with Gasteiger partial charge in [-0.15, -0.1) is 0 Å². The molecule has 0 aliphatic heterocycles. The van der Waals surface area contributed by atoms with Crippen LogP contribution >= 0.6 is 15.9 Å². The lowest BCUT2D eigenvalue weighted by atomic mass is 10.1. The first kappa shape index (κ1) is 34.6. The van der Waals surface area contributed by atoms with Crippen LogP contribution in [0.2, 0.25) is 0 Å². The highest BCUT2D eigenvalue weighted by Crippen LogP contribution is 2.30. The van der Waals surface area contributed by atoms with E-state index in [9.17, 15) is 18.0 Å². The first-order valence-corrected chi connectivity index (χ1v) is 17.4. The molecule has 10 heteroatoms. The molecule has 48 heavy (non-hydrogen) atoms. The molecule has 0 bridgehead atoms. The number of benzene rings is 5. The van der Waals surface area contributed by atoms with Crippen LogP contribution in [0, 0.1) is 6.92 Å². The standard InChI is InChI=1S/C38H35BrN2O6S/c1-28-13-20-34(21-14-28)48(44,45)40(2)25-37(42)41(24-29-15-17-32(39)18-16-29)33-19-22-35(38(43)47-27-31-11-7-4-8-12-31)36(23-33)46-26-30-9-5-3-6-10-30/h3-23H,24-27H2,1-2H3. The maximum Gasteiger partial charge on any atom is 0.342 e. The number of nitrogens with zero attached hydrogens (tertiary/aromatic N) is 2. The molecule has 0 fully saturated rings. The average molecular weight is 728 g/mol. The van der Waals surface area contributed by atoms with Crippen LogP contribution in [0.1, 0.15) is 32.6 Å². The molecular formula is C38H35BrN2O6S. The number of ether oxygens (including phenoxy) is 2. The van der Waals surface area contributed by atoms with E-state index in [0.29, 0.717) is 5.69 Å². The number of sulfonamides is 1. The molecule has 5 rings (SSSR count). The fourth-order valence-corrected chi connectivity index (χ4v) is 6.23. The zero-order valence-corrected chi connectivity index (χ0v) is 29.0. The lowest BCUT2D eigenvalue weighted by molar-refractivity contribution is -0.118. The summed E-state index contributed by atoms with van der Waals surface area (Å²) in [5.41, 5.74) is 4.08. The molecule has 246 valence electrons. The van der Waals surface area contributed by atoms with Gasteiger partial charge in [0.1, 0.15) is 24.5 Å². The molecule has 1 amide bonds. The molecule has 0 heterocycles. The Morgan fingerprint density at radius 3 is 1.96 bits per heavy atom. The Hall–Kier alpha value is -4.77. The fourth-order valence-electron chi connectivity index (χ4n) is 4.85. The zero-order valence-electron chi connectivity index (χ0n) is 26.6. The van der Waals surface area contributed by atoms with Gasteiger partial charge in [0, 0.05) is 23.3 Å². The summed E-state index contributed by atoms with van der Waals surface area (Å²) < 4.78 is 40.5. The fraction of sp³-hybridized carbons (Fsp3) is 0.158. The molecule has 0 N–H and O–H groups in total. The van der Waals surface area contributed by atoms with Crippen LogP contribution in [0.15, 0.2) is 137 Å². The first-order chi connectivity index (χ1) is 23.1. The predicted octanol–water partition coefficient (Wildman–Crippen LogP) is 7.55. The van der Waals surface area contributed by atoms with Crippen LogP contribution in [0.3, 0.4) is 0 Å². The number of halogens is 1. The second-order valence-corrected chi connectivity index (χ2v) is 14.2. The van der Waals surface area contributed by atoms with E-state index in [2.05, 4.69) is 15.9 Å². The third kappa shape index (κ3) is 8.97. The molecule has 0 aliphatic carbocycles. The Kier molecular flexibility index (Phi) is 11.4. The van der Waals surface area contributed by atoms with E-state index in [0.717, 1.165) is 31.0 Å². The number of hydrogen-bond donors (Lipinski definition) is 0. The summed E-state index contributed by atoms with van der Waals surface area (Å²) in [6, 6.07) is 37.6. The Labute approximate surface area is 289 Å². The van der Waals surface area contributed by atoms with Crippen molar-refractivity contribution in [2.24, 2.45) is 0 Å². The second kappa shape index (κ2) is 15.9. The van der Waals surface area contributed by atoms with Crippen LogP contribution in [-0.4, -0.2) is 38.2 Å². The van der Waals surface area contributed by atoms with Crippen molar-refractivity contribution in [3.63, 3.8) is 0 Å². The smallest absolute Gasteiger partial charge is 0.342 e. The molecule has 0 saturated heterocycles. The molecule has 0 radical (unpaired) electrons. The van der Waals surface area contributed by atoms with E-state index in [1.807, 2.05) is 91.9 Å². The van der Waals surface area contributed by atoms with Crippen molar-refractivity contribution in [2.45, 2.75) is 31.6 Å². The van der Waals surface area contributed by atoms with Gasteiger partial charge in [-0.25, -0.2) is 13.2 Å². The molecule has 0 aliphatic rings. The highest BCUT2D eigenvalue weighted by Gasteiger charge is 2.27. The summed E-state index contributed by atoms with van der Waals surface area (Å²) in [7, 11) is -2.57. The summed E-state index contributed by atoms with van der Waals surface area (Å²) in [6.07, 6.45) is 0. The summed E-state index contributed by atoms with van der Waals surface area (Å²) in [5, 5.41) is 0. The van der Waals surface area contributed by atoms with Crippen molar-refractivity contribution in [3.8, 4) is 5.75 Å². The van der Waals surface area contributed by atoms with Gasteiger partial charge in [0.05, 0.1) is 18.0 Å². The quantitative estimate of drug-likeness (QED) is 0.116. The third-order valence-corrected chi connectivity index (χ3v) is 9.94. The van der Waals surface area contributed by atoms with Crippen LogP contribution in [-0.2, 0) is 39.3 Å². The maximum absolute atomic E-state index is 14.0. The Balaban J connectivity index is 1.47. The highest BCUT2D eigenvalue weighted by atomic mass is 79.9. The van der Waals surface area contributed by atoms with Gasteiger partial charge >= 0.3 is 5.97 Å². The van der Waals surface area contributed by atoms with E-state index < -0.39 is 28.4 Å². The monoisotopic (exact) mass is 726 g/mol. The van der Waals surface area contributed by atoms with Crippen LogP contribution in [0.4, 0.5) is 5.69 Å². The number of likely N-dealkylation sites (N-methyl/N-ethyl adjacent to an activating group) is 1. The first-order valence-electron chi connectivity index (χ1n) is 15.2. The van der Waals surface area contributed by atoms with Gasteiger partial charge in [-0.1, -0.05) is 106 Å². The number of hydrogen-bond acceptors (Lipinski definition) is 6. The minimum atomic E-state index is -3.95. The van der Waals surface area contributed by atoms with Crippen molar-refractivity contribution in [2.75, 3.05) is 18.5 Å². The normalized spacial score (nSPS) is 11.2. The number of aryl methyl sites for hydroxylation is 1. The van der Waals surface area contributed by atoms with Crippen molar-refractivity contribution in [1.29, 1.82) is 0 Å². The lowest BCUT2D eigenvalue weighted by Crippen LogP contribution is -2.41. The summed E-state index contributed by atoms with van der Waals surface area (Å²) >= 11 is 3.45. The van der Waals surface area contributed by atoms with E-state index in [1.54, 1.807) is 30.3 Å². The van der Waals surface area contributed by atoms with Crippen LogP contribution < -0.4 is 9.64 Å². The number of carbonyl (C=O) groups is 2. The van der Waals surface area contributed by atoms with Crippen molar-refractivity contribution in [1.82, 2.24) is 4.31 Å². The van der Waals surface area contributed by atoms with Crippen LogP contribution in [0.5, 0.6) is 5.75 Å². The third-order valence-electron chi connectivity index (χ3n) is 7.59. The SMILES string of the molecule is Cc1ccc(S(=O)(=O)N(C)CC(=O)N(Cc2ccc(Br)cc2)c2ccc(C(=O)OCc3ccccc3)c(OCc3ccccc3)c2)cc1. The second-order valence-electron chi connectivity index (χ2n) is 11.2. The maximum atomic E-state index is 14.0. The molecule has 8 nitrogen and oxygen atoms in total. The number of rotatable bonds is 13. The summed E-state index contributed by atoms with van der Waals surface area (Å²) in [4.78, 5) is 28.9. The van der Waals surface area contributed by atoms with E-state index in [-0.39, 0.29) is 36.0 Å². The zero-order chi connectivity index (χ0) is 34.1. The largest absolute Gasteiger partial charge is 0.488 e. The average Bonchev–Trinajstić information content (AvgIpc) is 3.10. The number of amides is 1. The number of carbonyl (C=O) groups excluding carboxylic acids is 2. The minimum Gasteiger partial charge on any atom is -0.488 e. The number of anilines is 1. The molecule has 5 aromatic carbocycles. The van der Waals surface area contributed by atoms with Crippen LogP contribution in [0.25, 0.3) is 0 Å². The van der Waals surface area contributed by atoms with Gasteiger partial charge < -0.3 is 14.4 Å². The van der Waals surface area contributed by atoms with E-state index in [1.165, 1.54) is 24.1 Å². The Morgan fingerprint density at radius 2 is 1.33 bits per heavy atom. The highest BCUT2D eigenvalue weighted by molar-refractivity contribution is 9.10. The molecule has 0 unspecified atom stereocenters. The molecule has 5 aromatic rings. The molecule has 0 aromatic heterocycles. The Morgan fingerprint density at radius 1 is 0.729 bits per heavy atom. The molecule has 0 saturated carbocycles. The summed E-state index contributed by atoms with van der Waals surface area (Å²) in [6.45, 7) is 1.83.